The lowest BCUT2D eigenvalue weighted by molar-refractivity contribution is 0.0445. The summed E-state index contributed by atoms with van der Waals surface area (Å²) in [5.41, 5.74) is 0.896. The van der Waals surface area contributed by atoms with Crippen molar-refractivity contribution in [2.24, 2.45) is 0 Å². The predicted octanol–water partition coefficient (Wildman–Crippen LogP) is 2.57. The average molecular weight is 276 g/mol. The van der Waals surface area contributed by atoms with Crippen LogP contribution in [0.5, 0.6) is 0 Å². The lowest BCUT2D eigenvalue weighted by Gasteiger charge is -2.24. The highest BCUT2D eigenvalue weighted by molar-refractivity contribution is 5.18. The van der Waals surface area contributed by atoms with Crippen LogP contribution in [0.4, 0.5) is 0 Å². The number of hydrogen-bond acceptors (Lipinski definition) is 3. The van der Waals surface area contributed by atoms with Gasteiger partial charge in [0.05, 0.1) is 5.60 Å². The molecular formula is C17H28N2O. The molecule has 3 heteroatoms. The summed E-state index contributed by atoms with van der Waals surface area (Å²) >= 11 is 0. The van der Waals surface area contributed by atoms with E-state index in [1.165, 1.54) is 5.56 Å². The minimum absolute atomic E-state index is 0.417. The molecule has 1 aliphatic heterocycles. The Hall–Kier alpha value is -0.900. The van der Waals surface area contributed by atoms with Crippen LogP contribution in [0.3, 0.4) is 0 Å². The van der Waals surface area contributed by atoms with E-state index < -0.39 is 5.60 Å². The molecule has 0 saturated carbocycles. The minimum atomic E-state index is -0.462. The molecule has 2 unspecified atom stereocenters. The van der Waals surface area contributed by atoms with Crippen LogP contribution in [0.25, 0.3) is 0 Å². The van der Waals surface area contributed by atoms with Gasteiger partial charge >= 0.3 is 0 Å². The smallest absolute Gasteiger partial charge is 0.0632 e. The van der Waals surface area contributed by atoms with Crippen molar-refractivity contribution >= 4 is 0 Å². The van der Waals surface area contributed by atoms with Crippen molar-refractivity contribution in [1.29, 1.82) is 0 Å². The number of likely N-dealkylation sites (tertiary alicyclic amines) is 1. The zero-order valence-electron chi connectivity index (χ0n) is 12.8. The van der Waals surface area contributed by atoms with E-state index in [0.717, 1.165) is 45.3 Å². The molecule has 20 heavy (non-hydrogen) atoms. The van der Waals surface area contributed by atoms with Crippen molar-refractivity contribution < 1.29 is 5.11 Å². The van der Waals surface area contributed by atoms with Crippen LogP contribution in [0.15, 0.2) is 30.3 Å². The summed E-state index contributed by atoms with van der Waals surface area (Å²) in [4.78, 5) is 2.49. The molecule has 1 saturated heterocycles. The lowest BCUT2D eigenvalue weighted by atomic mass is 9.98. The third kappa shape index (κ3) is 4.58. The fourth-order valence-electron chi connectivity index (χ4n) is 3.02. The molecule has 1 aromatic rings. The van der Waals surface area contributed by atoms with Crippen molar-refractivity contribution in [3.63, 3.8) is 0 Å². The maximum Gasteiger partial charge on any atom is 0.0632 e. The van der Waals surface area contributed by atoms with E-state index in [0.29, 0.717) is 6.04 Å². The second kappa shape index (κ2) is 7.21. The van der Waals surface area contributed by atoms with Crippen LogP contribution in [-0.2, 0) is 0 Å². The Labute approximate surface area is 123 Å². The summed E-state index contributed by atoms with van der Waals surface area (Å²) in [6, 6.07) is 11.1. The van der Waals surface area contributed by atoms with Gasteiger partial charge in [-0.1, -0.05) is 30.3 Å². The summed E-state index contributed by atoms with van der Waals surface area (Å²) in [5.74, 6) is 0. The topological polar surface area (TPSA) is 35.5 Å². The largest absolute Gasteiger partial charge is 0.390 e. The standard InChI is InChI=1S/C17H28N2O/c1-17(20)10-6-12-19(14-11-17)13-9-16(18-2)15-7-4-3-5-8-15/h3-5,7-8,16,18,20H,6,9-14H2,1-2H3. The van der Waals surface area contributed by atoms with Crippen LogP contribution >= 0.6 is 0 Å². The predicted molar refractivity (Wildman–Crippen MR) is 83.8 cm³/mol. The summed E-state index contributed by atoms with van der Waals surface area (Å²) in [6.45, 7) is 5.19. The van der Waals surface area contributed by atoms with Crippen molar-refractivity contribution in [3.8, 4) is 0 Å². The van der Waals surface area contributed by atoms with Crippen molar-refractivity contribution in [2.45, 2.75) is 44.2 Å². The van der Waals surface area contributed by atoms with Gasteiger partial charge in [-0.25, -0.2) is 0 Å². The molecule has 0 aromatic heterocycles. The van der Waals surface area contributed by atoms with Crippen LogP contribution < -0.4 is 5.32 Å². The molecule has 0 amide bonds. The normalized spacial score (nSPS) is 26.1. The zero-order valence-corrected chi connectivity index (χ0v) is 12.8. The average Bonchev–Trinajstić information content (AvgIpc) is 2.62. The molecule has 2 N–H and O–H groups in total. The quantitative estimate of drug-likeness (QED) is 0.867. The highest BCUT2D eigenvalue weighted by atomic mass is 16.3. The van der Waals surface area contributed by atoms with Gasteiger partial charge in [0, 0.05) is 12.6 Å². The molecule has 1 heterocycles. The Balaban J connectivity index is 1.84. The first-order valence-corrected chi connectivity index (χ1v) is 7.78. The highest BCUT2D eigenvalue weighted by Crippen LogP contribution is 2.23. The molecular weight excluding hydrogens is 248 g/mol. The molecule has 0 bridgehead atoms. The van der Waals surface area contributed by atoms with E-state index in [4.69, 9.17) is 0 Å². The van der Waals surface area contributed by atoms with Gasteiger partial charge in [0.25, 0.3) is 0 Å². The van der Waals surface area contributed by atoms with E-state index in [1.54, 1.807) is 0 Å². The maximum absolute atomic E-state index is 10.1. The maximum atomic E-state index is 10.1. The van der Waals surface area contributed by atoms with Crippen molar-refractivity contribution in [3.05, 3.63) is 35.9 Å². The second-order valence-corrected chi connectivity index (χ2v) is 6.23. The summed E-state index contributed by atoms with van der Waals surface area (Å²) in [5, 5.41) is 13.5. The summed E-state index contributed by atoms with van der Waals surface area (Å²) < 4.78 is 0. The monoisotopic (exact) mass is 276 g/mol. The summed E-state index contributed by atoms with van der Waals surface area (Å²) in [7, 11) is 2.03. The van der Waals surface area contributed by atoms with Gasteiger partial charge in [-0.05, 0) is 58.3 Å². The molecule has 1 fully saturated rings. The molecule has 1 aliphatic rings. The molecule has 3 nitrogen and oxygen atoms in total. The Bertz CT molecular complexity index is 391. The van der Waals surface area contributed by atoms with Gasteiger partial charge in [0.2, 0.25) is 0 Å². The third-order valence-electron chi connectivity index (χ3n) is 4.44. The molecule has 0 spiro atoms. The Morgan fingerprint density at radius 2 is 2.00 bits per heavy atom. The molecule has 2 atom stereocenters. The van der Waals surface area contributed by atoms with Crippen LogP contribution in [0.2, 0.25) is 0 Å². The van der Waals surface area contributed by atoms with E-state index in [2.05, 4.69) is 40.5 Å². The number of hydrogen-bond donors (Lipinski definition) is 2. The van der Waals surface area contributed by atoms with Gasteiger partial charge in [0.15, 0.2) is 0 Å². The van der Waals surface area contributed by atoms with Gasteiger partial charge in [-0.15, -0.1) is 0 Å². The number of rotatable bonds is 5. The number of nitrogens with zero attached hydrogens (tertiary/aromatic N) is 1. The van der Waals surface area contributed by atoms with Gasteiger partial charge in [0.1, 0.15) is 0 Å². The molecule has 0 radical (unpaired) electrons. The van der Waals surface area contributed by atoms with Gasteiger partial charge < -0.3 is 15.3 Å². The van der Waals surface area contributed by atoms with Crippen LogP contribution in [0.1, 0.15) is 44.2 Å². The second-order valence-electron chi connectivity index (χ2n) is 6.23. The van der Waals surface area contributed by atoms with Crippen molar-refractivity contribution in [2.75, 3.05) is 26.7 Å². The first-order chi connectivity index (χ1) is 9.61. The first kappa shape index (κ1) is 15.5. The number of nitrogens with one attached hydrogen (secondary N) is 1. The van der Waals surface area contributed by atoms with Crippen LogP contribution in [-0.4, -0.2) is 42.3 Å². The third-order valence-corrected chi connectivity index (χ3v) is 4.44. The fraction of sp³-hybridized carbons (Fsp3) is 0.647. The number of aliphatic hydroxyl groups is 1. The SMILES string of the molecule is CNC(CCN1CCCC(C)(O)CC1)c1ccccc1. The minimum Gasteiger partial charge on any atom is -0.390 e. The van der Waals surface area contributed by atoms with E-state index in [1.807, 2.05) is 14.0 Å². The Morgan fingerprint density at radius 1 is 1.25 bits per heavy atom. The zero-order chi connectivity index (χ0) is 14.4. The number of benzene rings is 1. The molecule has 1 aromatic carbocycles. The molecule has 112 valence electrons. The Morgan fingerprint density at radius 3 is 2.70 bits per heavy atom. The van der Waals surface area contributed by atoms with Gasteiger partial charge in [-0.2, -0.15) is 0 Å². The molecule has 0 aliphatic carbocycles. The van der Waals surface area contributed by atoms with E-state index in [9.17, 15) is 5.11 Å². The first-order valence-electron chi connectivity index (χ1n) is 7.78. The van der Waals surface area contributed by atoms with Gasteiger partial charge in [-0.3, -0.25) is 0 Å². The Kier molecular flexibility index (Phi) is 5.58. The highest BCUT2D eigenvalue weighted by Gasteiger charge is 2.25. The van der Waals surface area contributed by atoms with Crippen molar-refractivity contribution in [1.82, 2.24) is 10.2 Å². The van der Waals surface area contributed by atoms with Crippen LogP contribution in [0, 0.1) is 0 Å². The summed E-state index contributed by atoms with van der Waals surface area (Å²) in [6.07, 6.45) is 4.03. The van der Waals surface area contributed by atoms with E-state index >= 15 is 0 Å². The fourth-order valence-corrected chi connectivity index (χ4v) is 3.02. The van der Waals surface area contributed by atoms with E-state index in [-0.39, 0.29) is 0 Å². The molecule has 2 rings (SSSR count). The lowest BCUT2D eigenvalue weighted by Crippen LogP contribution is -2.31.